The number of aliphatic hydroxyl groups excluding tert-OH is 2. The molecule has 4 rings (SSSR count). The molecular formula is C25H31N3O7. The van der Waals surface area contributed by atoms with Gasteiger partial charge in [0.1, 0.15) is 22.8 Å². The summed E-state index contributed by atoms with van der Waals surface area (Å²) >= 11 is 0. The standard InChI is InChI=1S/C25H31N3O7/c1-10-14-12(27(3)4)7-8-13(29)15(14)19(30)17-22(33)25(35)11(9-24(10,17)2)18(28(5)6)20(31)16(21(25)32)23(26)34/h7-8,10-11,18,29-30,32,35H,9H2,1-6H3,(H2,26,34)/t10-,11-,18-,24+,25+/m0/s1. The van der Waals surface area contributed by atoms with Crippen LogP contribution in [0.25, 0.3) is 5.76 Å². The van der Waals surface area contributed by atoms with Crippen molar-refractivity contribution in [2.24, 2.45) is 17.1 Å². The van der Waals surface area contributed by atoms with Gasteiger partial charge in [-0.3, -0.25) is 19.3 Å². The topological polar surface area (TPSA) is 165 Å². The second-order valence-electron chi connectivity index (χ2n) is 10.4. The number of Topliss-reactive ketones (excluding diaryl/α,β-unsaturated/α-hetero) is 2. The molecule has 0 aliphatic heterocycles. The van der Waals surface area contributed by atoms with Crippen LogP contribution in [0.3, 0.4) is 0 Å². The van der Waals surface area contributed by atoms with E-state index in [1.807, 2.05) is 25.9 Å². The second-order valence-corrected chi connectivity index (χ2v) is 10.4. The third-order valence-corrected chi connectivity index (χ3v) is 8.17. The number of nitrogens with zero attached hydrogens (tertiary/aromatic N) is 2. The molecule has 0 heterocycles. The quantitative estimate of drug-likeness (QED) is 0.393. The van der Waals surface area contributed by atoms with E-state index in [9.17, 15) is 34.8 Å². The minimum absolute atomic E-state index is 0.0163. The zero-order valence-electron chi connectivity index (χ0n) is 20.6. The number of carbonyl (C=O) groups is 3. The molecule has 1 aromatic carbocycles. The zero-order valence-corrected chi connectivity index (χ0v) is 20.6. The van der Waals surface area contributed by atoms with Crippen LogP contribution in [-0.2, 0) is 14.4 Å². The van der Waals surface area contributed by atoms with Gasteiger partial charge in [-0.15, -0.1) is 0 Å². The van der Waals surface area contributed by atoms with Crippen LogP contribution >= 0.6 is 0 Å². The van der Waals surface area contributed by atoms with Gasteiger partial charge in [-0.05, 0) is 44.1 Å². The number of rotatable bonds is 3. The Morgan fingerprint density at radius 3 is 2.23 bits per heavy atom. The fourth-order valence-corrected chi connectivity index (χ4v) is 6.31. The predicted molar refractivity (Wildman–Crippen MR) is 128 cm³/mol. The second kappa shape index (κ2) is 7.56. The number of anilines is 1. The molecule has 5 atom stereocenters. The molecule has 0 saturated heterocycles. The number of ketones is 2. The third-order valence-electron chi connectivity index (χ3n) is 8.17. The van der Waals surface area contributed by atoms with Crippen LogP contribution in [0, 0.1) is 11.3 Å². The highest BCUT2D eigenvalue weighted by molar-refractivity contribution is 6.24. The number of primary amides is 1. The minimum atomic E-state index is -2.66. The average molecular weight is 486 g/mol. The van der Waals surface area contributed by atoms with Crippen molar-refractivity contribution in [2.75, 3.05) is 33.1 Å². The van der Waals surface area contributed by atoms with E-state index in [-0.39, 0.29) is 23.3 Å². The van der Waals surface area contributed by atoms with Crippen LogP contribution in [0.15, 0.2) is 29.0 Å². The van der Waals surface area contributed by atoms with Crippen molar-refractivity contribution in [3.63, 3.8) is 0 Å². The minimum Gasteiger partial charge on any atom is -0.508 e. The summed E-state index contributed by atoms with van der Waals surface area (Å²) in [5.41, 5.74) is 2.02. The zero-order chi connectivity index (χ0) is 26.4. The lowest BCUT2D eigenvalue weighted by Gasteiger charge is -2.55. The Kier molecular flexibility index (Phi) is 5.35. The molecule has 0 spiro atoms. The number of hydrogen-bond donors (Lipinski definition) is 5. The highest BCUT2D eigenvalue weighted by Gasteiger charge is 2.67. The van der Waals surface area contributed by atoms with Gasteiger partial charge in [-0.2, -0.15) is 0 Å². The molecule has 0 aromatic heterocycles. The van der Waals surface area contributed by atoms with E-state index >= 15 is 0 Å². The maximum absolute atomic E-state index is 14.0. The normalized spacial score (nSPS) is 32.4. The van der Waals surface area contributed by atoms with Crippen LogP contribution in [0.4, 0.5) is 5.69 Å². The van der Waals surface area contributed by atoms with Crippen LogP contribution in [0.5, 0.6) is 5.75 Å². The van der Waals surface area contributed by atoms with Crippen LogP contribution in [0.1, 0.15) is 37.3 Å². The van der Waals surface area contributed by atoms with Gasteiger partial charge < -0.3 is 31.1 Å². The van der Waals surface area contributed by atoms with Gasteiger partial charge in [0.25, 0.3) is 5.91 Å². The van der Waals surface area contributed by atoms with E-state index < -0.39 is 63.5 Å². The molecule has 1 amide bonds. The number of hydrogen-bond acceptors (Lipinski definition) is 9. The molecule has 1 fully saturated rings. The molecule has 1 aromatic rings. The van der Waals surface area contributed by atoms with Crippen molar-refractivity contribution in [1.29, 1.82) is 0 Å². The van der Waals surface area contributed by atoms with Crippen molar-refractivity contribution in [3.8, 4) is 5.75 Å². The first-order valence-electron chi connectivity index (χ1n) is 11.3. The number of aliphatic hydroxyl groups is 3. The largest absolute Gasteiger partial charge is 0.508 e. The van der Waals surface area contributed by atoms with Crippen molar-refractivity contribution in [3.05, 3.63) is 40.2 Å². The van der Waals surface area contributed by atoms with Gasteiger partial charge in [0.2, 0.25) is 5.78 Å². The molecule has 188 valence electrons. The molecule has 10 heteroatoms. The number of likely N-dealkylation sites (N-methyl/N-ethyl adjacent to an activating group) is 1. The Balaban J connectivity index is 2.09. The SMILES string of the molecule is C[C@H]1c2c(N(C)C)ccc(O)c2C(O)=C2C(=O)[C@]3(O)C(O)=C(C(N)=O)C(=O)[C@@H](N(C)C)[C@@H]3C[C@@]21C. The Labute approximate surface area is 202 Å². The fourth-order valence-electron chi connectivity index (χ4n) is 6.31. The van der Waals surface area contributed by atoms with Crippen LogP contribution in [-0.4, -0.2) is 82.6 Å². The lowest BCUT2D eigenvalue weighted by molar-refractivity contribution is -0.157. The molecule has 10 nitrogen and oxygen atoms in total. The van der Waals surface area contributed by atoms with E-state index in [2.05, 4.69) is 0 Å². The molecule has 1 saturated carbocycles. The van der Waals surface area contributed by atoms with Crippen molar-refractivity contribution in [2.45, 2.75) is 37.8 Å². The molecule has 3 aliphatic carbocycles. The molecule has 0 unspecified atom stereocenters. The molecule has 0 radical (unpaired) electrons. The molecule has 35 heavy (non-hydrogen) atoms. The molecule has 0 bridgehead atoms. The summed E-state index contributed by atoms with van der Waals surface area (Å²) in [4.78, 5) is 42.7. The molecule has 6 N–H and O–H groups in total. The summed E-state index contributed by atoms with van der Waals surface area (Å²) in [6.07, 6.45) is 0.0163. The third kappa shape index (κ3) is 2.93. The Hall–Kier alpha value is -3.37. The number of phenols is 1. The van der Waals surface area contributed by atoms with Gasteiger partial charge >= 0.3 is 0 Å². The number of carbonyl (C=O) groups excluding carboxylic acids is 3. The number of aromatic hydroxyl groups is 1. The lowest BCUT2D eigenvalue weighted by atomic mass is 9.49. The van der Waals surface area contributed by atoms with Crippen molar-refractivity contribution in [1.82, 2.24) is 4.90 Å². The van der Waals surface area contributed by atoms with E-state index in [0.29, 0.717) is 5.56 Å². The van der Waals surface area contributed by atoms with E-state index in [0.717, 1.165) is 5.69 Å². The fraction of sp³-hybridized carbons (Fsp3) is 0.480. The van der Waals surface area contributed by atoms with E-state index in [4.69, 9.17) is 5.73 Å². The molecule has 3 aliphatic rings. The number of amides is 1. The van der Waals surface area contributed by atoms with Crippen LogP contribution < -0.4 is 10.6 Å². The Morgan fingerprint density at radius 2 is 1.71 bits per heavy atom. The highest BCUT2D eigenvalue weighted by Crippen LogP contribution is 2.63. The Bertz CT molecular complexity index is 1250. The summed E-state index contributed by atoms with van der Waals surface area (Å²) in [7, 11) is 6.78. The van der Waals surface area contributed by atoms with Gasteiger partial charge in [0, 0.05) is 36.7 Å². The number of fused-ring (bicyclic) bond motifs is 3. The van der Waals surface area contributed by atoms with E-state index in [1.165, 1.54) is 11.0 Å². The van der Waals surface area contributed by atoms with Crippen molar-refractivity contribution < 1.29 is 34.8 Å². The highest BCUT2D eigenvalue weighted by atomic mass is 16.3. The van der Waals surface area contributed by atoms with Gasteiger partial charge in [0.05, 0.1) is 11.6 Å². The van der Waals surface area contributed by atoms with Gasteiger partial charge in [0.15, 0.2) is 11.4 Å². The van der Waals surface area contributed by atoms with Crippen LogP contribution in [0.2, 0.25) is 0 Å². The Morgan fingerprint density at radius 1 is 1.11 bits per heavy atom. The predicted octanol–water partition coefficient (Wildman–Crippen LogP) is 0.981. The number of phenolic OH excluding ortho intramolecular Hbond substituents is 1. The smallest absolute Gasteiger partial charge is 0.255 e. The maximum atomic E-state index is 14.0. The number of nitrogens with two attached hydrogens (primary N) is 1. The van der Waals surface area contributed by atoms with Gasteiger partial charge in [-0.25, -0.2) is 0 Å². The summed E-state index contributed by atoms with van der Waals surface area (Å²) in [5.74, 6) is -6.50. The van der Waals surface area contributed by atoms with E-state index in [1.54, 1.807) is 27.1 Å². The summed E-state index contributed by atoms with van der Waals surface area (Å²) in [6.45, 7) is 3.61. The first-order valence-corrected chi connectivity index (χ1v) is 11.3. The first kappa shape index (κ1) is 24.7. The summed E-state index contributed by atoms with van der Waals surface area (Å²) < 4.78 is 0. The lowest BCUT2D eigenvalue weighted by Crippen LogP contribution is -2.67. The maximum Gasteiger partial charge on any atom is 0.255 e. The summed E-state index contributed by atoms with van der Waals surface area (Å²) in [6, 6.07) is 2.00. The molecular weight excluding hydrogens is 454 g/mol. The average Bonchev–Trinajstić information content (AvgIpc) is 2.74. The first-order chi connectivity index (χ1) is 16.1. The van der Waals surface area contributed by atoms with Gasteiger partial charge in [-0.1, -0.05) is 13.8 Å². The number of benzene rings is 1. The summed E-state index contributed by atoms with van der Waals surface area (Å²) in [5, 5.41) is 44.7. The monoisotopic (exact) mass is 485 g/mol. The van der Waals surface area contributed by atoms with Crippen molar-refractivity contribution >= 4 is 28.9 Å².